The van der Waals surface area contributed by atoms with Crippen LogP contribution < -0.4 is 0 Å². The van der Waals surface area contributed by atoms with Gasteiger partial charge in [-0.15, -0.1) is 0 Å². The summed E-state index contributed by atoms with van der Waals surface area (Å²) in [5.41, 5.74) is 2.30. The van der Waals surface area contributed by atoms with E-state index in [9.17, 15) is 0 Å². The molecule has 0 bridgehead atoms. The summed E-state index contributed by atoms with van der Waals surface area (Å²) >= 11 is 6.26. The van der Waals surface area contributed by atoms with E-state index < -0.39 is 0 Å². The van der Waals surface area contributed by atoms with Crippen LogP contribution >= 0.6 is 11.6 Å². The van der Waals surface area contributed by atoms with Gasteiger partial charge in [-0.25, -0.2) is 0 Å². The van der Waals surface area contributed by atoms with Crippen LogP contribution in [0.25, 0.3) is 0 Å². The normalized spacial score (nSPS) is 19.9. The third kappa shape index (κ3) is 3.18. The van der Waals surface area contributed by atoms with Gasteiger partial charge in [0.2, 0.25) is 0 Å². The third-order valence-electron chi connectivity index (χ3n) is 3.53. The van der Waals surface area contributed by atoms with E-state index in [2.05, 4.69) is 16.0 Å². The van der Waals surface area contributed by atoms with E-state index in [0.29, 0.717) is 0 Å². The number of morpholine rings is 1. The van der Waals surface area contributed by atoms with Crippen molar-refractivity contribution in [2.24, 2.45) is 0 Å². The summed E-state index contributed by atoms with van der Waals surface area (Å²) in [6.07, 6.45) is 3.77. The van der Waals surface area contributed by atoms with Gasteiger partial charge in [0.15, 0.2) is 0 Å². The van der Waals surface area contributed by atoms with Crippen molar-refractivity contribution in [3.63, 3.8) is 0 Å². The van der Waals surface area contributed by atoms with E-state index in [4.69, 9.17) is 16.3 Å². The highest BCUT2D eigenvalue weighted by molar-refractivity contribution is 6.31. The van der Waals surface area contributed by atoms with Crippen LogP contribution in [0.15, 0.2) is 48.8 Å². The first-order valence-electron chi connectivity index (χ1n) is 6.80. The van der Waals surface area contributed by atoms with Crippen molar-refractivity contribution in [3.05, 3.63) is 64.9 Å². The summed E-state index contributed by atoms with van der Waals surface area (Å²) in [5.74, 6) is 0. The van der Waals surface area contributed by atoms with E-state index in [-0.39, 0.29) is 6.10 Å². The fourth-order valence-corrected chi connectivity index (χ4v) is 2.78. The Morgan fingerprint density at radius 1 is 1.25 bits per heavy atom. The molecule has 1 fully saturated rings. The van der Waals surface area contributed by atoms with Crippen molar-refractivity contribution in [1.82, 2.24) is 9.88 Å². The van der Waals surface area contributed by atoms with E-state index in [1.54, 1.807) is 6.20 Å². The van der Waals surface area contributed by atoms with Crippen LogP contribution in [0.5, 0.6) is 0 Å². The highest BCUT2D eigenvalue weighted by atomic mass is 35.5. The van der Waals surface area contributed by atoms with Crippen LogP contribution in [0.1, 0.15) is 17.2 Å². The molecule has 0 saturated carbocycles. The topological polar surface area (TPSA) is 25.4 Å². The van der Waals surface area contributed by atoms with Gasteiger partial charge >= 0.3 is 0 Å². The lowest BCUT2D eigenvalue weighted by atomic mass is 10.1. The number of ether oxygens (including phenoxy) is 1. The molecule has 1 aliphatic heterocycles. The molecule has 2 heterocycles. The average Bonchev–Trinajstić information content (AvgIpc) is 2.49. The second kappa shape index (κ2) is 6.35. The van der Waals surface area contributed by atoms with Gasteiger partial charge in [0.05, 0.1) is 12.7 Å². The summed E-state index contributed by atoms with van der Waals surface area (Å²) in [7, 11) is 0. The standard InChI is InChI=1S/C16H17ClN2O/c17-15-6-2-1-5-14(15)16-12-19(8-9-20-16)11-13-4-3-7-18-10-13/h1-7,10,16H,8-9,11-12H2. The number of rotatable bonds is 3. The van der Waals surface area contributed by atoms with Crippen molar-refractivity contribution >= 4 is 11.6 Å². The lowest BCUT2D eigenvalue weighted by molar-refractivity contribution is -0.0329. The highest BCUT2D eigenvalue weighted by Gasteiger charge is 2.23. The summed E-state index contributed by atoms with van der Waals surface area (Å²) in [6, 6.07) is 12.0. The highest BCUT2D eigenvalue weighted by Crippen LogP contribution is 2.28. The maximum Gasteiger partial charge on any atom is 0.0966 e. The molecule has 1 aromatic heterocycles. The van der Waals surface area contributed by atoms with Crippen LogP contribution in [0.4, 0.5) is 0 Å². The van der Waals surface area contributed by atoms with Crippen LogP contribution in [-0.2, 0) is 11.3 Å². The molecule has 4 heteroatoms. The first-order chi connectivity index (χ1) is 9.83. The molecule has 0 spiro atoms. The van der Waals surface area contributed by atoms with Crippen molar-refractivity contribution in [1.29, 1.82) is 0 Å². The fourth-order valence-electron chi connectivity index (χ4n) is 2.52. The predicted octanol–water partition coefficient (Wildman–Crippen LogP) is 3.31. The minimum Gasteiger partial charge on any atom is -0.371 e. The lowest BCUT2D eigenvalue weighted by Gasteiger charge is -2.33. The monoisotopic (exact) mass is 288 g/mol. The molecule has 0 radical (unpaired) electrons. The Balaban J connectivity index is 1.69. The van der Waals surface area contributed by atoms with Gasteiger partial charge in [0.25, 0.3) is 0 Å². The molecule has 0 N–H and O–H groups in total. The summed E-state index contributed by atoms with van der Waals surface area (Å²) in [4.78, 5) is 6.55. The molecule has 1 saturated heterocycles. The van der Waals surface area contributed by atoms with Crippen LogP contribution in [0, 0.1) is 0 Å². The van der Waals surface area contributed by atoms with Crippen LogP contribution in [0.2, 0.25) is 5.02 Å². The minimum absolute atomic E-state index is 0.0501. The van der Waals surface area contributed by atoms with Gasteiger partial charge < -0.3 is 4.74 Å². The Bertz CT molecular complexity index is 561. The number of hydrogen-bond acceptors (Lipinski definition) is 3. The zero-order valence-electron chi connectivity index (χ0n) is 11.2. The van der Waals surface area contributed by atoms with Gasteiger partial charge in [-0.1, -0.05) is 35.9 Å². The molecule has 2 aromatic rings. The van der Waals surface area contributed by atoms with Crippen molar-refractivity contribution in [2.45, 2.75) is 12.6 Å². The summed E-state index contributed by atoms with van der Waals surface area (Å²) < 4.78 is 5.87. The first-order valence-corrected chi connectivity index (χ1v) is 7.18. The van der Waals surface area contributed by atoms with E-state index in [1.165, 1.54) is 5.56 Å². The van der Waals surface area contributed by atoms with Crippen LogP contribution in [0.3, 0.4) is 0 Å². The first kappa shape index (κ1) is 13.6. The zero-order valence-corrected chi connectivity index (χ0v) is 12.0. The predicted molar refractivity (Wildman–Crippen MR) is 79.7 cm³/mol. The van der Waals surface area contributed by atoms with E-state index in [1.807, 2.05) is 36.5 Å². The minimum atomic E-state index is 0.0501. The second-order valence-electron chi connectivity index (χ2n) is 4.98. The molecule has 1 unspecified atom stereocenters. The molecule has 1 aliphatic rings. The number of aromatic nitrogens is 1. The van der Waals surface area contributed by atoms with Gasteiger partial charge in [-0.05, 0) is 17.7 Å². The average molecular weight is 289 g/mol. The van der Waals surface area contributed by atoms with Gasteiger partial charge in [-0.2, -0.15) is 0 Å². The zero-order chi connectivity index (χ0) is 13.8. The molecule has 20 heavy (non-hydrogen) atoms. The molecule has 3 nitrogen and oxygen atoms in total. The van der Waals surface area contributed by atoms with Crippen molar-refractivity contribution in [2.75, 3.05) is 19.7 Å². The molecule has 0 amide bonds. The molecule has 0 aliphatic carbocycles. The Morgan fingerprint density at radius 2 is 2.15 bits per heavy atom. The Hall–Kier alpha value is -1.42. The van der Waals surface area contributed by atoms with E-state index in [0.717, 1.165) is 36.8 Å². The smallest absolute Gasteiger partial charge is 0.0966 e. The molecule has 3 rings (SSSR count). The number of nitrogens with zero attached hydrogens (tertiary/aromatic N) is 2. The van der Waals surface area contributed by atoms with Crippen molar-refractivity contribution in [3.8, 4) is 0 Å². The third-order valence-corrected chi connectivity index (χ3v) is 3.88. The number of pyridine rings is 1. The number of halogens is 1. The fraction of sp³-hybridized carbons (Fsp3) is 0.312. The van der Waals surface area contributed by atoms with Gasteiger partial charge in [-0.3, -0.25) is 9.88 Å². The molecule has 1 atom stereocenters. The number of benzene rings is 1. The maximum atomic E-state index is 6.26. The van der Waals surface area contributed by atoms with Gasteiger partial charge in [0, 0.05) is 42.6 Å². The SMILES string of the molecule is Clc1ccccc1C1CN(Cc2cccnc2)CCO1. The Labute approximate surface area is 124 Å². The molecule has 104 valence electrons. The Morgan fingerprint density at radius 3 is 2.95 bits per heavy atom. The number of hydrogen-bond donors (Lipinski definition) is 0. The van der Waals surface area contributed by atoms with Crippen LogP contribution in [-0.4, -0.2) is 29.6 Å². The lowest BCUT2D eigenvalue weighted by Crippen LogP contribution is -2.37. The van der Waals surface area contributed by atoms with Gasteiger partial charge in [0.1, 0.15) is 0 Å². The summed E-state index contributed by atoms with van der Waals surface area (Å²) in [5, 5.41) is 0.778. The summed E-state index contributed by atoms with van der Waals surface area (Å²) in [6.45, 7) is 3.43. The second-order valence-corrected chi connectivity index (χ2v) is 5.38. The van der Waals surface area contributed by atoms with E-state index >= 15 is 0 Å². The molecular weight excluding hydrogens is 272 g/mol. The quantitative estimate of drug-likeness (QED) is 0.866. The molecular formula is C16H17ClN2O. The Kier molecular flexibility index (Phi) is 4.31. The largest absolute Gasteiger partial charge is 0.371 e. The van der Waals surface area contributed by atoms with Crippen molar-refractivity contribution < 1.29 is 4.74 Å². The molecule has 1 aromatic carbocycles. The maximum absolute atomic E-state index is 6.26.